The lowest BCUT2D eigenvalue weighted by atomic mass is 9.83. The van der Waals surface area contributed by atoms with E-state index in [0.29, 0.717) is 32.4 Å². The lowest BCUT2D eigenvalue weighted by Gasteiger charge is -2.24. The van der Waals surface area contributed by atoms with Gasteiger partial charge in [-0.1, -0.05) is 39.0 Å². The van der Waals surface area contributed by atoms with Crippen LogP contribution in [-0.2, 0) is 9.59 Å². The summed E-state index contributed by atoms with van der Waals surface area (Å²) >= 11 is 0. The van der Waals surface area contributed by atoms with Crippen LogP contribution in [0.15, 0.2) is 0 Å². The van der Waals surface area contributed by atoms with Crippen molar-refractivity contribution in [3.05, 3.63) is 0 Å². The first-order chi connectivity index (χ1) is 9.57. The maximum Gasteiger partial charge on any atom is 0.311 e. The van der Waals surface area contributed by atoms with E-state index in [1.807, 2.05) is 6.92 Å². The summed E-state index contributed by atoms with van der Waals surface area (Å²) in [6.45, 7) is 3.05. The first kappa shape index (κ1) is 15.3. The van der Waals surface area contributed by atoms with Crippen LogP contribution in [0.25, 0.3) is 0 Å². The molecule has 4 nitrogen and oxygen atoms in total. The molecular formula is C16H27NO3. The molecule has 0 radical (unpaired) electrons. The van der Waals surface area contributed by atoms with Crippen molar-refractivity contribution in [2.45, 2.75) is 64.7 Å². The highest BCUT2D eigenvalue weighted by atomic mass is 16.4. The van der Waals surface area contributed by atoms with Gasteiger partial charge in [0.05, 0.1) is 5.41 Å². The van der Waals surface area contributed by atoms with E-state index in [1.54, 1.807) is 4.90 Å². The van der Waals surface area contributed by atoms with Gasteiger partial charge in [0, 0.05) is 19.5 Å². The van der Waals surface area contributed by atoms with Crippen molar-refractivity contribution in [1.82, 2.24) is 4.90 Å². The van der Waals surface area contributed by atoms with Crippen LogP contribution in [0.2, 0.25) is 0 Å². The summed E-state index contributed by atoms with van der Waals surface area (Å²) in [5, 5.41) is 9.46. The fourth-order valence-electron chi connectivity index (χ4n) is 3.83. The first-order valence-corrected chi connectivity index (χ1v) is 8.08. The van der Waals surface area contributed by atoms with Gasteiger partial charge in [0.15, 0.2) is 0 Å². The fraction of sp³-hybridized carbons (Fsp3) is 0.875. The van der Waals surface area contributed by atoms with Crippen LogP contribution in [0.4, 0.5) is 0 Å². The molecule has 0 aromatic rings. The Morgan fingerprint density at radius 2 is 2.00 bits per heavy atom. The van der Waals surface area contributed by atoms with Crippen LogP contribution >= 0.6 is 0 Å². The lowest BCUT2D eigenvalue weighted by molar-refractivity contribution is -0.149. The molecule has 0 bridgehead atoms. The number of carboxylic acid groups (broad SMARTS) is 1. The molecule has 1 N–H and O–H groups in total. The zero-order valence-corrected chi connectivity index (χ0v) is 12.6. The monoisotopic (exact) mass is 281 g/mol. The van der Waals surface area contributed by atoms with E-state index in [1.165, 1.54) is 25.7 Å². The molecule has 1 saturated carbocycles. The highest BCUT2D eigenvalue weighted by Crippen LogP contribution is 2.36. The highest BCUT2D eigenvalue weighted by Gasteiger charge is 2.45. The summed E-state index contributed by atoms with van der Waals surface area (Å²) in [6.07, 6.45) is 8.89. The third-order valence-corrected chi connectivity index (χ3v) is 5.13. The largest absolute Gasteiger partial charge is 0.481 e. The molecule has 1 heterocycles. The van der Waals surface area contributed by atoms with Gasteiger partial charge >= 0.3 is 5.97 Å². The van der Waals surface area contributed by atoms with Crippen molar-refractivity contribution in [2.24, 2.45) is 11.3 Å². The van der Waals surface area contributed by atoms with Gasteiger partial charge < -0.3 is 10.0 Å². The van der Waals surface area contributed by atoms with Crippen molar-refractivity contribution < 1.29 is 14.7 Å². The van der Waals surface area contributed by atoms with E-state index in [0.717, 1.165) is 18.8 Å². The maximum atomic E-state index is 12.2. The van der Waals surface area contributed by atoms with Crippen LogP contribution in [0, 0.1) is 11.3 Å². The summed E-state index contributed by atoms with van der Waals surface area (Å²) < 4.78 is 0. The molecule has 1 aliphatic heterocycles. The van der Waals surface area contributed by atoms with Gasteiger partial charge in [-0.15, -0.1) is 0 Å². The van der Waals surface area contributed by atoms with Crippen molar-refractivity contribution in [3.63, 3.8) is 0 Å². The Bertz CT molecular complexity index is 363. The van der Waals surface area contributed by atoms with Crippen LogP contribution in [0.1, 0.15) is 64.7 Å². The Morgan fingerprint density at radius 3 is 2.60 bits per heavy atom. The molecule has 2 fully saturated rings. The molecule has 1 unspecified atom stereocenters. The summed E-state index contributed by atoms with van der Waals surface area (Å²) in [7, 11) is 0. The van der Waals surface area contributed by atoms with E-state index in [9.17, 15) is 14.7 Å². The van der Waals surface area contributed by atoms with Crippen molar-refractivity contribution in [3.8, 4) is 0 Å². The van der Waals surface area contributed by atoms with Gasteiger partial charge in [0.1, 0.15) is 0 Å². The minimum absolute atomic E-state index is 0.163. The van der Waals surface area contributed by atoms with Gasteiger partial charge in [-0.2, -0.15) is 0 Å². The van der Waals surface area contributed by atoms with E-state index in [2.05, 4.69) is 0 Å². The summed E-state index contributed by atoms with van der Waals surface area (Å²) in [5.41, 5.74) is -0.683. The molecule has 2 rings (SSSR count). The lowest BCUT2D eigenvalue weighted by Crippen LogP contribution is -2.37. The molecule has 1 saturated heterocycles. The van der Waals surface area contributed by atoms with E-state index in [-0.39, 0.29) is 5.91 Å². The summed E-state index contributed by atoms with van der Waals surface area (Å²) in [4.78, 5) is 25.6. The third-order valence-electron chi connectivity index (χ3n) is 5.13. The molecule has 2 aliphatic rings. The fourth-order valence-corrected chi connectivity index (χ4v) is 3.83. The number of carbonyl (C=O) groups is 2. The molecule has 0 aromatic carbocycles. The number of nitrogens with zero attached hydrogens (tertiary/aromatic N) is 1. The van der Waals surface area contributed by atoms with E-state index in [4.69, 9.17) is 0 Å². The molecule has 0 aromatic heterocycles. The van der Waals surface area contributed by atoms with E-state index < -0.39 is 11.4 Å². The van der Waals surface area contributed by atoms with Gasteiger partial charge in [0.25, 0.3) is 0 Å². The van der Waals surface area contributed by atoms with Crippen molar-refractivity contribution in [1.29, 1.82) is 0 Å². The molecule has 4 heteroatoms. The van der Waals surface area contributed by atoms with E-state index >= 15 is 0 Å². The second-order valence-corrected chi connectivity index (χ2v) is 6.59. The van der Waals surface area contributed by atoms with Gasteiger partial charge in [-0.05, 0) is 25.2 Å². The van der Waals surface area contributed by atoms with Gasteiger partial charge in [-0.3, -0.25) is 9.59 Å². The SMILES string of the molecule is CCCC1(C(=O)O)CCN(C(=O)CCC2CCCC2)C1. The van der Waals surface area contributed by atoms with Crippen LogP contribution in [-0.4, -0.2) is 35.0 Å². The Balaban J connectivity index is 1.84. The Hall–Kier alpha value is -1.06. The average molecular weight is 281 g/mol. The topological polar surface area (TPSA) is 57.6 Å². The molecule has 20 heavy (non-hydrogen) atoms. The van der Waals surface area contributed by atoms with Crippen LogP contribution in [0.5, 0.6) is 0 Å². The minimum Gasteiger partial charge on any atom is -0.481 e. The van der Waals surface area contributed by atoms with Gasteiger partial charge in [0.2, 0.25) is 5.91 Å². The molecule has 114 valence electrons. The predicted octanol–water partition coefficient (Wildman–Crippen LogP) is 3.06. The average Bonchev–Trinajstić information content (AvgIpc) is 3.06. The number of carbonyl (C=O) groups excluding carboxylic acids is 1. The quantitative estimate of drug-likeness (QED) is 0.814. The van der Waals surface area contributed by atoms with Crippen LogP contribution in [0.3, 0.4) is 0 Å². The number of amides is 1. The molecular weight excluding hydrogens is 254 g/mol. The standard InChI is InChI=1S/C16H27NO3/c1-2-9-16(15(19)20)10-11-17(12-16)14(18)8-7-13-5-3-4-6-13/h13H,2-12H2,1H3,(H,19,20). The summed E-state index contributed by atoms with van der Waals surface area (Å²) in [5.74, 6) is 0.156. The first-order valence-electron chi connectivity index (χ1n) is 8.08. The van der Waals surface area contributed by atoms with Crippen molar-refractivity contribution >= 4 is 11.9 Å². The minimum atomic E-state index is -0.731. The predicted molar refractivity (Wildman–Crippen MR) is 77.4 cm³/mol. The zero-order valence-electron chi connectivity index (χ0n) is 12.6. The number of likely N-dealkylation sites (tertiary alicyclic amines) is 1. The van der Waals surface area contributed by atoms with Gasteiger partial charge in [-0.25, -0.2) is 0 Å². The van der Waals surface area contributed by atoms with Crippen LogP contribution < -0.4 is 0 Å². The number of carboxylic acids is 1. The highest BCUT2D eigenvalue weighted by molar-refractivity contribution is 5.80. The molecule has 1 amide bonds. The number of aliphatic carboxylic acids is 1. The molecule has 1 atom stereocenters. The Kier molecular flexibility index (Phi) is 5.06. The maximum absolute atomic E-state index is 12.2. The number of rotatable bonds is 6. The Morgan fingerprint density at radius 1 is 1.30 bits per heavy atom. The van der Waals surface area contributed by atoms with Crippen molar-refractivity contribution in [2.75, 3.05) is 13.1 Å². The number of hydrogen-bond acceptors (Lipinski definition) is 2. The number of hydrogen-bond donors (Lipinski definition) is 1. The second-order valence-electron chi connectivity index (χ2n) is 6.59. The summed E-state index contributed by atoms with van der Waals surface area (Å²) in [6, 6.07) is 0. The zero-order chi connectivity index (χ0) is 14.6. The molecule has 0 spiro atoms. The molecule has 1 aliphatic carbocycles. The third kappa shape index (κ3) is 3.33. The normalized spacial score (nSPS) is 27.1. The Labute approximate surface area is 121 Å². The smallest absolute Gasteiger partial charge is 0.311 e. The second kappa shape index (κ2) is 6.59.